The Kier molecular flexibility index (Phi) is 6.87. The van der Waals surface area contributed by atoms with E-state index in [1.165, 1.54) is 0 Å². The first kappa shape index (κ1) is 22.0. The van der Waals surface area contributed by atoms with Gasteiger partial charge in [0.25, 0.3) is 0 Å². The number of fused-ring (bicyclic) bond motifs is 1. The van der Waals surface area contributed by atoms with E-state index >= 15 is 0 Å². The Morgan fingerprint density at radius 3 is 2.59 bits per heavy atom. The molecule has 0 aliphatic carbocycles. The number of esters is 1. The normalized spacial score (nSPS) is 16.3. The van der Waals surface area contributed by atoms with Gasteiger partial charge in [0.15, 0.2) is 0 Å². The second-order valence-electron chi connectivity index (χ2n) is 7.81. The Bertz CT molecular complexity index is 1020. The van der Waals surface area contributed by atoms with Crippen LogP contribution in [0, 0.1) is 0 Å². The van der Waals surface area contributed by atoms with Crippen LogP contribution in [0.2, 0.25) is 5.02 Å². The molecule has 1 fully saturated rings. The molecule has 0 saturated carbocycles. The van der Waals surface area contributed by atoms with Crippen LogP contribution in [0.1, 0.15) is 27.0 Å². The van der Waals surface area contributed by atoms with Gasteiger partial charge in [-0.25, -0.2) is 4.79 Å². The van der Waals surface area contributed by atoms with Gasteiger partial charge >= 0.3 is 5.97 Å². The van der Waals surface area contributed by atoms with Gasteiger partial charge in [-0.2, -0.15) is 0 Å². The van der Waals surface area contributed by atoms with Crippen molar-refractivity contribution in [1.82, 2.24) is 9.80 Å². The van der Waals surface area contributed by atoms with Gasteiger partial charge in [-0.1, -0.05) is 40.2 Å². The molecular formula is C22H25ClN6O3. The summed E-state index contributed by atoms with van der Waals surface area (Å²) < 4.78 is 5.06. The Balaban J connectivity index is 1.24. The zero-order chi connectivity index (χ0) is 22.5. The van der Waals surface area contributed by atoms with E-state index in [0.717, 1.165) is 48.4 Å². The molecule has 168 valence electrons. The van der Waals surface area contributed by atoms with Crippen LogP contribution in [-0.4, -0.2) is 54.4 Å². The van der Waals surface area contributed by atoms with E-state index in [-0.39, 0.29) is 18.5 Å². The molecular weight excluding hydrogens is 432 g/mol. The van der Waals surface area contributed by atoms with Crippen molar-refractivity contribution in [3.05, 3.63) is 63.7 Å². The first-order valence-electron chi connectivity index (χ1n) is 10.5. The van der Waals surface area contributed by atoms with E-state index in [4.69, 9.17) is 22.2 Å². The number of cyclic esters (lactones) is 1. The van der Waals surface area contributed by atoms with Gasteiger partial charge in [-0.3, -0.25) is 15.1 Å². The topological polar surface area (TPSA) is 113 Å². The van der Waals surface area contributed by atoms with Crippen LogP contribution in [0.5, 0.6) is 0 Å². The molecule has 3 N–H and O–H groups in total. The predicted octanol–water partition coefficient (Wildman–Crippen LogP) is 2.59. The van der Waals surface area contributed by atoms with E-state index in [1.807, 2.05) is 35.2 Å². The summed E-state index contributed by atoms with van der Waals surface area (Å²) in [5.74, 6) is 4.78. The molecule has 32 heavy (non-hydrogen) atoms. The zero-order valence-electron chi connectivity index (χ0n) is 17.6. The molecule has 2 aliphatic heterocycles. The average molecular weight is 457 g/mol. The van der Waals surface area contributed by atoms with Crippen molar-refractivity contribution in [2.24, 2.45) is 16.3 Å². The first-order chi connectivity index (χ1) is 15.5. The minimum atomic E-state index is -0.306. The first-order valence-corrected chi connectivity index (χ1v) is 10.9. The maximum Gasteiger partial charge on any atom is 0.338 e. The Labute approximate surface area is 191 Å². The standard InChI is InChI=1S/C22H25ClN6O3/c23-21-16(3-6-18-19(21)14-32-22(18)31)7-8-28-9-11-29(12-10-28)20(30)13-15-1-4-17(5-2-15)25-27-26-24/h1-6H,7-14H2,(H2,24,27)(H,25,26). The van der Waals surface area contributed by atoms with Crippen molar-refractivity contribution >= 4 is 29.2 Å². The number of benzene rings is 2. The fraction of sp³-hybridized carbons (Fsp3) is 0.364. The lowest BCUT2D eigenvalue weighted by atomic mass is 10.0. The van der Waals surface area contributed by atoms with Crippen LogP contribution in [0.25, 0.3) is 0 Å². The highest BCUT2D eigenvalue weighted by atomic mass is 35.5. The predicted molar refractivity (Wildman–Crippen MR) is 120 cm³/mol. The van der Waals surface area contributed by atoms with E-state index in [1.54, 1.807) is 6.07 Å². The molecule has 9 nitrogen and oxygen atoms in total. The van der Waals surface area contributed by atoms with Crippen molar-refractivity contribution in [3.8, 4) is 0 Å². The average Bonchev–Trinajstić information content (AvgIpc) is 3.20. The van der Waals surface area contributed by atoms with Crippen molar-refractivity contribution in [2.45, 2.75) is 19.4 Å². The fourth-order valence-corrected chi connectivity index (χ4v) is 4.29. The van der Waals surface area contributed by atoms with Crippen LogP contribution in [0.15, 0.2) is 46.8 Å². The lowest BCUT2D eigenvalue weighted by Gasteiger charge is -2.35. The summed E-state index contributed by atoms with van der Waals surface area (Å²) in [6, 6.07) is 11.2. The summed E-state index contributed by atoms with van der Waals surface area (Å²) in [6.07, 6.45) is 1.16. The monoisotopic (exact) mass is 456 g/mol. The molecule has 0 aromatic heterocycles. The van der Waals surface area contributed by atoms with E-state index in [9.17, 15) is 9.59 Å². The van der Waals surface area contributed by atoms with Crippen LogP contribution < -0.4 is 11.3 Å². The van der Waals surface area contributed by atoms with Crippen molar-refractivity contribution in [1.29, 1.82) is 0 Å². The quantitative estimate of drug-likeness (QED) is 0.286. The Hall–Kier alpha value is -3.17. The smallest absolute Gasteiger partial charge is 0.338 e. The number of carbonyl (C=O) groups is 2. The number of nitrogens with one attached hydrogen (secondary N) is 1. The maximum atomic E-state index is 12.7. The number of anilines is 1. The molecule has 0 radical (unpaired) electrons. The summed E-state index contributed by atoms with van der Waals surface area (Å²) in [5, 5.41) is 7.30. The number of hydrogen-bond donors (Lipinski definition) is 2. The highest BCUT2D eigenvalue weighted by Gasteiger charge is 2.25. The van der Waals surface area contributed by atoms with E-state index in [0.29, 0.717) is 30.1 Å². The molecule has 0 spiro atoms. The molecule has 0 unspecified atom stereocenters. The van der Waals surface area contributed by atoms with Crippen molar-refractivity contribution in [2.75, 3.05) is 38.1 Å². The summed E-state index contributed by atoms with van der Waals surface area (Å²) in [4.78, 5) is 28.6. The third-order valence-corrected chi connectivity index (χ3v) is 6.33. The molecule has 0 atom stereocenters. The molecule has 2 aromatic rings. The van der Waals surface area contributed by atoms with E-state index in [2.05, 4.69) is 20.8 Å². The van der Waals surface area contributed by atoms with Crippen LogP contribution in [0.3, 0.4) is 0 Å². The lowest BCUT2D eigenvalue weighted by molar-refractivity contribution is -0.132. The number of halogens is 1. The molecule has 1 saturated heterocycles. The molecule has 10 heteroatoms. The number of nitrogens with zero attached hydrogens (tertiary/aromatic N) is 4. The number of piperazine rings is 1. The van der Waals surface area contributed by atoms with Gasteiger partial charge in [0, 0.05) is 38.3 Å². The van der Waals surface area contributed by atoms with Crippen LogP contribution in [-0.2, 0) is 29.0 Å². The fourth-order valence-electron chi connectivity index (χ4n) is 3.98. The SMILES string of the molecule is N/N=N\Nc1ccc(CC(=O)N2CCN(CCc3ccc4c(c3Cl)COC4=O)CC2)cc1. The van der Waals surface area contributed by atoms with Gasteiger partial charge in [0.05, 0.1) is 22.7 Å². The second kappa shape index (κ2) is 9.97. The largest absolute Gasteiger partial charge is 0.457 e. The van der Waals surface area contributed by atoms with Crippen molar-refractivity contribution in [3.63, 3.8) is 0 Å². The lowest BCUT2D eigenvalue weighted by Crippen LogP contribution is -2.49. The third-order valence-electron chi connectivity index (χ3n) is 5.86. The highest BCUT2D eigenvalue weighted by molar-refractivity contribution is 6.32. The van der Waals surface area contributed by atoms with E-state index < -0.39 is 0 Å². The Morgan fingerprint density at radius 1 is 1.12 bits per heavy atom. The third kappa shape index (κ3) is 5.00. The Morgan fingerprint density at radius 2 is 1.88 bits per heavy atom. The molecule has 4 rings (SSSR count). The van der Waals surface area contributed by atoms with Gasteiger partial charge in [-0.15, -0.1) is 0 Å². The minimum absolute atomic E-state index is 0.123. The summed E-state index contributed by atoms with van der Waals surface area (Å²) in [7, 11) is 0. The zero-order valence-corrected chi connectivity index (χ0v) is 18.3. The number of rotatable bonds is 7. The van der Waals surface area contributed by atoms with Gasteiger partial charge in [0.1, 0.15) is 6.61 Å². The number of ether oxygens (including phenoxy) is 1. The van der Waals surface area contributed by atoms with Gasteiger partial charge in [0.2, 0.25) is 5.91 Å². The number of nitrogens with two attached hydrogens (primary N) is 1. The second-order valence-corrected chi connectivity index (χ2v) is 8.19. The van der Waals surface area contributed by atoms with Crippen molar-refractivity contribution < 1.29 is 14.3 Å². The van der Waals surface area contributed by atoms with Crippen LogP contribution in [0.4, 0.5) is 5.69 Å². The van der Waals surface area contributed by atoms with Crippen LogP contribution >= 0.6 is 11.6 Å². The van der Waals surface area contributed by atoms with Gasteiger partial charge in [-0.05, 0) is 35.7 Å². The minimum Gasteiger partial charge on any atom is -0.457 e. The molecule has 2 aliphatic rings. The number of amides is 1. The molecule has 2 aromatic carbocycles. The summed E-state index contributed by atoms with van der Waals surface area (Å²) in [6.45, 7) is 4.15. The molecule has 2 heterocycles. The highest BCUT2D eigenvalue weighted by Crippen LogP contribution is 2.30. The maximum absolute atomic E-state index is 12.7. The number of hydrogen-bond acceptors (Lipinski definition) is 6. The molecule has 1 amide bonds. The van der Waals surface area contributed by atoms with Gasteiger partial charge < -0.3 is 15.5 Å². The summed E-state index contributed by atoms with van der Waals surface area (Å²) >= 11 is 6.49. The number of carbonyl (C=O) groups excluding carboxylic acids is 2. The summed E-state index contributed by atoms with van der Waals surface area (Å²) in [5.41, 5.74) is 6.77. The molecule has 0 bridgehead atoms.